The molecule has 23 heavy (non-hydrogen) atoms. The fraction of sp³-hybridized carbons (Fsp3) is 0.250. The maximum absolute atomic E-state index is 13.5. The van der Waals surface area contributed by atoms with Crippen molar-refractivity contribution >= 4 is 11.9 Å². The average molecular weight is 316 g/mol. The maximum atomic E-state index is 13.5. The zero-order chi connectivity index (χ0) is 16.6. The van der Waals surface area contributed by atoms with E-state index >= 15 is 0 Å². The monoisotopic (exact) mass is 316 g/mol. The van der Waals surface area contributed by atoms with E-state index in [1.807, 2.05) is 0 Å². The molecule has 2 aliphatic rings. The molecule has 5 N–H and O–H groups in total. The number of nitrogens with two attached hydrogens (primary N) is 1. The van der Waals surface area contributed by atoms with E-state index < -0.39 is 11.9 Å². The van der Waals surface area contributed by atoms with Crippen molar-refractivity contribution in [3.05, 3.63) is 58.8 Å². The van der Waals surface area contributed by atoms with Crippen molar-refractivity contribution in [3.8, 4) is 0 Å². The summed E-state index contributed by atoms with van der Waals surface area (Å²) < 4.78 is 13.5. The fourth-order valence-electron chi connectivity index (χ4n) is 2.90. The summed E-state index contributed by atoms with van der Waals surface area (Å²) in [5.74, 6) is -0.854. The van der Waals surface area contributed by atoms with Gasteiger partial charge in [-0.1, -0.05) is 12.6 Å². The molecule has 7 heteroatoms. The molecule has 1 aliphatic heterocycles. The van der Waals surface area contributed by atoms with Gasteiger partial charge in [-0.25, -0.2) is 9.18 Å². The molecule has 0 radical (unpaired) electrons. The normalized spacial score (nSPS) is 20.5. The van der Waals surface area contributed by atoms with Crippen LogP contribution in [0, 0.1) is 5.82 Å². The highest BCUT2D eigenvalue weighted by atomic mass is 19.1. The highest BCUT2D eigenvalue weighted by Gasteiger charge is 2.28. The Hall–Kier alpha value is -2.83. The SMILES string of the molecule is C=C1NC(=O)NC(C(=O)N[C@@H]2CCCc3ccc(F)cc32)=C1N. The lowest BCUT2D eigenvalue weighted by Crippen LogP contribution is -2.47. The van der Waals surface area contributed by atoms with Crippen LogP contribution in [-0.2, 0) is 11.2 Å². The van der Waals surface area contributed by atoms with Crippen LogP contribution in [0.3, 0.4) is 0 Å². The Kier molecular flexibility index (Phi) is 3.77. The number of hydrogen-bond acceptors (Lipinski definition) is 3. The molecule has 3 amide bonds. The Balaban J connectivity index is 1.85. The second kappa shape index (κ2) is 5.75. The second-order valence-corrected chi connectivity index (χ2v) is 5.61. The van der Waals surface area contributed by atoms with Gasteiger partial charge >= 0.3 is 6.03 Å². The van der Waals surface area contributed by atoms with Crippen molar-refractivity contribution in [2.24, 2.45) is 5.73 Å². The highest BCUT2D eigenvalue weighted by Crippen LogP contribution is 2.30. The predicted molar refractivity (Wildman–Crippen MR) is 82.2 cm³/mol. The molecule has 1 aromatic carbocycles. The second-order valence-electron chi connectivity index (χ2n) is 5.61. The van der Waals surface area contributed by atoms with Crippen LogP contribution >= 0.6 is 0 Å². The minimum atomic E-state index is -0.565. The number of hydrogen-bond donors (Lipinski definition) is 4. The topological polar surface area (TPSA) is 96.2 Å². The number of nitrogens with one attached hydrogen (secondary N) is 3. The first-order valence-corrected chi connectivity index (χ1v) is 7.32. The Bertz CT molecular complexity index is 742. The van der Waals surface area contributed by atoms with Crippen LogP contribution < -0.4 is 21.7 Å². The molecule has 0 fully saturated rings. The van der Waals surface area contributed by atoms with Gasteiger partial charge in [-0.3, -0.25) is 4.79 Å². The first-order chi connectivity index (χ1) is 11.0. The predicted octanol–water partition coefficient (Wildman–Crippen LogP) is 1.32. The molecular weight excluding hydrogens is 299 g/mol. The molecule has 6 nitrogen and oxygen atoms in total. The molecule has 0 saturated heterocycles. The van der Waals surface area contributed by atoms with E-state index in [2.05, 4.69) is 22.5 Å². The zero-order valence-corrected chi connectivity index (χ0v) is 12.4. The van der Waals surface area contributed by atoms with E-state index in [0.717, 1.165) is 24.0 Å². The van der Waals surface area contributed by atoms with Crippen LogP contribution in [0.2, 0.25) is 0 Å². The van der Waals surface area contributed by atoms with Crippen LogP contribution in [0.5, 0.6) is 0 Å². The number of carbonyl (C=O) groups is 2. The third-order valence-electron chi connectivity index (χ3n) is 4.05. The lowest BCUT2D eigenvalue weighted by Gasteiger charge is -2.28. The number of rotatable bonds is 2. The van der Waals surface area contributed by atoms with Gasteiger partial charge in [-0.2, -0.15) is 0 Å². The first-order valence-electron chi connectivity index (χ1n) is 7.32. The Labute approximate surface area is 132 Å². The molecule has 1 heterocycles. The number of amides is 3. The summed E-state index contributed by atoms with van der Waals surface area (Å²) in [6.45, 7) is 3.59. The van der Waals surface area contributed by atoms with Gasteiger partial charge in [0.05, 0.1) is 17.4 Å². The van der Waals surface area contributed by atoms with Crippen molar-refractivity contribution < 1.29 is 14.0 Å². The molecule has 3 rings (SSSR count). The minimum Gasteiger partial charge on any atom is -0.395 e. The Morgan fingerprint density at radius 3 is 2.96 bits per heavy atom. The van der Waals surface area contributed by atoms with Crippen LogP contribution in [0.1, 0.15) is 30.0 Å². The lowest BCUT2D eigenvalue weighted by molar-refractivity contribution is -0.118. The summed E-state index contributed by atoms with van der Waals surface area (Å²) in [6, 6.07) is 3.72. The van der Waals surface area contributed by atoms with E-state index in [-0.39, 0.29) is 29.0 Å². The maximum Gasteiger partial charge on any atom is 0.323 e. The molecule has 1 aromatic rings. The molecule has 1 atom stereocenters. The van der Waals surface area contributed by atoms with Gasteiger partial charge in [-0.15, -0.1) is 0 Å². The van der Waals surface area contributed by atoms with Crippen LogP contribution in [0.4, 0.5) is 9.18 Å². The standard InChI is InChI=1S/C16H17FN4O2/c1-8-13(18)14(21-16(23)19-8)15(22)20-12-4-2-3-9-5-6-10(17)7-11(9)12/h5-7,12H,1-4,18H2,(H,20,22)(H2,19,21,23)/t12-/m1/s1. The zero-order valence-electron chi connectivity index (χ0n) is 12.4. The fourth-order valence-corrected chi connectivity index (χ4v) is 2.90. The van der Waals surface area contributed by atoms with Gasteiger partial charge in [0.25, 0.3) is 5.91 Å². The molecule has 0 saturated carbocycles. The van der Waals surface area contributed by atoms with Crippen LogP contribution in [0.25, 0.3) is 0 Å². The number of benzene rings is 1. The van der Waals surface area contributed by atoms with Crippen molar-refractivity contribution in [1.29, 1.82) is 0 Å². The van der Waals surface area contributed by atoms with Crippen molar-refractivity contribution in [2.75, 3.05) is 0 Å². The number of halogens is 1. The van der Waals surface area contributed by atoms with Gasteiger partial charge in [-0.05, 0) is 42.5 Å². The number of urea groups is 1. The molecule has 0 bridgehead atoms. The van der Waals surface area contributed by atoms with Gasteiger partial charge < -0.3 is 21.7 Å². The summed E-state index contributed by atoms with van der Waals surface area (Å²) in [6.07, 6.45) is 2.44. The quantitative estimate of drug-likeness (QED) is 0.662. The molecule has 1 aliphatic carbocycles. The summed E-state index contributed by atoms with van der Waals surface area (Å²) in [5.41, 5.74) is 7.79. The van der Waals surface area contributed by atoms with Gasteiger partial charge in [0.1, 0.15) is 11.5 Å². The molecular formula is C16H17FN4O2. The van der Waals surface area contributed by atoms with Crippen molar-refractivity contribution in [1.82, 2.24) is 16.0 Å². The number of fused-ring (bicyclic) bond motifs is 1. The summed E-state index contributed by atoms with van der Waals surface area (Å²) in [7, 11) is 0. The minimum absolute atomic E-state index is 0.0396. The largest absolute Gasteiger partial charge is 0.395 e. The third-order valence-corrected chi connectivity index (χ3v) is 4.05. The Morgan fingerprint density at radius 2 is 2.17 bits per heavy atom. The number of carbonyl (C=O) groups excluding carboxylic acids is 2. The van der Waals surface area contributed by atoms with Gasteiger partial charge in [0.2, 0.25) is 0 Å². The van der Waals surface area contributed by atoms with Gasteiger partial charge in [0, 0.05) is 0 Å². The van der Waals surface area contributed by atoms with Crippen molar-refractivity contribution in [3.63, 3.8) is 0 Å². The Morgan fingerprint density at radius 1 is 1.39 bits per heavy atom. The smallest absolute Gasteiger partial charge is 0.323 e. The van der Waals surface area contributed by atoms with Gasteiger partial charge in [0.15, 0.2) is 0 Å². The van der Waals surface area contributed by atoms with Crippen molar-refractivity contribution in [2.45, 2.75) is 25.3 Å². The summed E-state index contributed by atoms with van der Waals surface area (Å²) in [4.78, 5) is 23.9. The highest BCUT2D eigenvalue weighted by molar-refractivity contribution is 6.00. The molecule has 0 spiro atoms. The van der Waals surface area contributed by atoms with Crippen LogP contribution in [-0.4, -0.2) is 11.9 Å². The van der Waals surface area contributed by atoms with E-state index in [9.17, 15) is 14.0 Å². The molecule has 0 unspecified atom stereocenters. The summed E-state index contributed by atoms with van der Waals surface area (Å²) >= 11 is 0. The van der Waals surface area contributed by atoms with E-state index in [1.165, 1.54) is 12.1 Å². The van der Waals surface area contributed by atoms with E-state index in [4.69, 9.17) is 5.73 Å². The third kappa shape index (κ3) is 2.90. The number of aryl methyl sites for hydroxylation is 1. The lowest BCUT2D eigenvalue weighted by atomic mass is 9.87. The van der Waals surface area contributed by atoms with E-state index in [1.54, 1.807) is 6.07 Å². The van der Waals surface area contributed by atoms with Crippen LogP contribution in [0.15, 0.2) is 41.9 Å². The molecule has 120 valence electrons. The first kappa shape index (κ1) is 15.1. The summed E-state index contributed by atoms with van der Waals surface area (Å²) in [5, 5.41) is 7.58. The van der Waals surface area contributed by atoms with E-state index in [0.29, 0.717) is 6.42 Å². The average Bonchev–Trinajstić information content (AvgIpc) is 2.51. The molecule has 0 aromatic heterocycles.